The largest absolute Gasteiger partial charge is 0.461 e. The molecule has 0 N–H and O–H groups in total. The van der Waals surface area contributed by atoms with Crippen LogP contribution in [0.25, 0.3) is 0 Å². The summed E-state index contributed by atoms with van der Waals surface area (Å²) < 4.78 is 6.85. The number of hydrogen-bond donors (Lipinski definition) is 0. The number of carbonyl (C=O) groups is 1. The van der Waals surface area contributed by atoms with Crippen LogP contribution in [0.1, 0.15) is 17.0 Å². The summed E-state index contributed by atoms with van der Waals surface area (Å²) in [6, 6.07) is 3.39. The number of ketones is 1. The van der Waals surface area contributed by atoms with E-state index in [1.807, 2.05) is 10.8 Å². The first-order valence-electron chi connectivity index (χ1n) is 4.39. The molecule has 0 aliphatic rings. The third kappa shape index (κ3) is 1.90. The SMILES string of the molecule is O=C(CCn1ccnc1)c1ccco1. The second-order valence-corrected chi connectivity index (χ2v) is 2.95. The minimum Gasteiger partial charge on any atom is -0.461 e. The molecule has 0 aliphatic carbocycles. The topological polar surface area (TPSA) is 48.0 Å². The highest BCUT2D eigenvalue weighted by Gasteiger charge is 2.07. The molecule has 0 aliphatic heterocycles. The lowest BCUT2D eigenvalue weighted by Gasteiger charge is -1.98. The van der Waals surface area contributed by atoms with Crippen molar-refractivity contribution in [3.63, 3.8) is 0 Å². The quantitative estimate of drug-likeness (QED) is 0.690. The van der Waals surface area contributed by atoms with Crippen LogP contribution in [-0.4, -0.2) is 15.3 Å². The molecule has 4 heteroatoms. The zero-order valence-electron chi connectivity index (χ0n) is 7.59. The first-order valence-corrected chi connectivity index (χ1v) is 4.39. The van der Waals surface area contributed by atoms with Gasteiger partial charge in [-0.25, -0.2) is 4.98 Å². The highest BCUT2D eigenvalue weighted by Crippen LogP contribution is 2.05. The number of carbonyl (C=O) groups excluding carboxylic acids is 1. The summed E-state index contributed by atoms with van der Waals surface area (Å²) in [6.07, 6.45) is 7.15. The molecule has 0 radical (unpaired) electrons. The number of Topliss-reactive ketones (excluding diaryl/α,β-unsaturated/α-hetero) is 1. The van der Waals surface area contributed by atoms with Crippen LogP contribution < -0.4 is 0 Å². The average Bonchev–Trinajstić information content (AvgIpc) is 2.87. The fraction of sp³-hybridized carbons (Fsp3) is 0.200. The molecule has 0 bridgehead atoms. The van der Waals surface area contributed by atoms with Gasteiger partial charge in [0.1, 0.15) is 0 Å². The van der Waals surface area contributed by atoms with Gasteiger partial charge >= 0.3 is 0 Å². The van der Waals surface area contributed by atoms with Gasteiger partial charge in [0.05, 0.1) is 12.6 Å². The Balaban J connectivity index is 1.90. The fourth-order valence-corrected chi connectivity index (χ4v) is 1.21. The minimum atomic E-state index is 0.0173. The predicted octanol–water partition coefficient (Wildman–Crippen LogP) is 1.75. The molecule has 2 rings (SSSR count). The van der Waals surface area contributed by atoms with Crippen molar-refractivity contribution in [2.75, 3.05) is 0 Å². The third-order valence-electron chi connectivity index (χ3n) is 1.95. The molecule has 2 aromatic heterocycles. The van der Waals surface area contributed by atoms with E-state index < -0.39 is 0 Å². The van der Waals surface area contributed by atoms with Crippen molar-refractivity contribution in [1.82, 2.24) is 9.55 Å². The highest BCUT2D eigenvalue weighted by molar-refractivity contribution is 5.93. The van der Waals surface area contributed by atoms with Crippen molar-refractivity contribution in [2.24, 2.45) is 0 Å². The Morgan fingerprint density at radius 2 is 2.50 bits per heavy atom. The molecule has 4 nitrogen and oxygen atoms in total. The second-order valence-electron chi connectivity index (χ2n) is 2.95. The van der Waals surface area contributed by atoms with E-state index in [9.17, 15) is 4.79 Å². The molecule has 0 saturated carbocycles. The van der Waals surface area contributed by atoms with Gasteiger partial charge in [-0.05, 0) is 12.1 Å². The number of aryl methyl sites for hydroxylation is 1. The molecule has 0 atom stereocenters. The first kappa shape index (κ1) is 8.74. The van der Waals surface area contributed by atoms with Gasteiger partial charge in [0.15, 0.2) is 11.5 Å². The molecule has 0 spiro atoms. The molecule has 0 amide bonds. The summed E-state index contributed by atoms with van der Waals surface area (Å²) in [7, 11) is 0. The van der Waals surface area contributed by atoms with Gasteiger partial charge in [0.25, 0.3) is 0 Å². The summed E-state index contributed by atoms with van der Waals surface area (Å²) in [4.78, 5) is 15.4. The lowest BCUT2D eigenvalue weighted by Crippen LogP contribution is -2.03. The van der Waals surface area contributed by atoms with Crippen LogP contribution in [0.5, 0.6) is 0 Å². The van der Waals surface area contributed by atoms with Gasteiger partial charge in [-0.2, -0.15) is 0 Å². The highest BCUT2D eigenvalue weighted by atomic mass is 16.3. The third-order valence-corrected chi connectivity index (χ3v) is 1.95. The van der Waals surface area contributed by atoms with Crippen molar-refractivity contribution < 1.29 is 9.21 Å². The van der Waals surface area contributed by atoms with E-state index in [1.165, 1.54) is 6.26 Å². The van der Waals surface area contributed by atoms with E-state index >= 15 is 0 Å². The summed E-state index contributed by atoms with van der Waals surface area (Å²) in [5, 5.41) is 0. The number of rotatable bonds is 4. The molecule has 0 aromatic carbocycles. The predicted molar refractivity (Wildman–Crippen MR) is 49.9 cm³/mol. The molecule has 2 heterocycles. The maximum Gasteiger partial charge on any atom is 0.199 e. The van der Waals surface area contributed by atoms with Gasteiger partial charge in [0, 0.05) is 25.4 Å². The van der Waals surface area contributed by atoms with Crippen LogP contribution in [-0.2, 0) is 6.54 Å². The maximum absolute atomic E-state index is 11.5. The maximum atomic E-state index is 11.5. The van der Waals surface area contributed by atoms with E-state index in [0.29, 0.717) is 18.7 Å². The van der Waals surface area contributed by atoms with Gasteiger partial charge in [-0.15, -0.1) is 0 Å². The van der Waals surface area contributed by atoms with Crippen LogP contribution in [0.4, 0.5) is 0 Å². The molecular weight excluding hydrogens is 180 g/mol. The van der Waals surface area contributed by atoms with Crippen LogP contribution in [0.3, 0.4) is 0 Å². The summed E-state index contributed by atoms with van der Waals surface area (Å²) in [6.45, 7) is 0.638. The summed E-state index contributed by atoms with van der Waals surface area (Å²) in [5.41, 5.74) is 0. The zero-order valence-corrected chi connectivity index (χ0v) is 7.59. The Bertz CT molecular complexity index is 390. The van der Waals surface area contributed by atoms with Crippen molar-refractivity contribution in [3.8, 4) is 0 Å². The standard InChI is InChI=1S/C10H10N2O2/c13-9(10-2-1-7-14-10)3-5-12-6-4-11-8-12/h1-2,4,6-8H,3,5H2. The number of aromatic nitrogens is 2. The molecule has 2 aromatic rings. The zero-order chi connectivity index (χ0) is 9.80. The van der Waals surface area contributed by atoms with Crippen molar-refractivity contribution in [3.05, 3.63) is 42.9 Å². The number of nitrogens with zero attached hydrogens (tertiary/aromatic N) is 2. The van der Waals surface area contributed by atoms with Crippen molar-refractivity contribution in [2.45, 2.75) is 13.0 Å². The Morgan fingerprint density at radius 1 is 1.57 bits per heavy atom. The molecule has 0 saturated heterocycles. The smallest absolute Gasteiger partial charge is 0.199 e. The van der Waals surface area contributed by atoms with E-state index in [4.69, 9.17) is 4.42 Å². The lowest BCUT2D eigenvalue weighted by atomic mass is 10.2. The number of furan rings is 1. The lowest BCUT2D eigenvalue weighted by molar-refractivity contribution is 0.0950. The molecule has 0 fully saturated rings. The van der Waals surface area contributed by atoms with Crippen LogP contribution in [0.2, 0.25) is 0 Å². The number of hydrogen-bond acceptors (Lipinski definition) is 3. The van der Waals surface area contributed by atoms with Crippen molar-refractivity contribution in [1.29, 1.82) is 0 Å². The Hall–Kier alpha value is -1.84. The van der Waals surface area contributed by atoms with Gasteiger partial charge in [-0.1, -0.05) is 0 Å². The molecule has 14 heavy (non-hydrogen) atoms. The Kier molecular flexibility index (Phi) is 2.44. The van der Waals surface area contributed by atoms with Gasteiger partial charge in [0.2, 0.25) is 0 Å². The minimum absolute atomic E-state index is 0.0173. The van der Waals surface area contributed by atoms with E-state index in [0.717, 1.165) is 0 Å². The van der Waals surface area contributed by atoms with Gasteiger partial charge < -0.3 is 8.98 Å². The van der Waals surface area contributed by atoms with Crippen LogP contribution in [0, 0.1) is 0 Å². The van der Waals surface area contributed by atoms with E-state index in [-0.39, 0.29) is 5.78 Å². The Morgan fingerprint density at radius 3 is 3.14 bits per heavy atom. The van der Waals surface area contributed by atoms with Crippen molar-refractivity contribution >= 4 is 5.78 Å². The van der Waals surface area contributed by atoms with Crippen LogP contribution in [0.15, 0.2) is 41.5 Å². The van der Waals surface area contributed by atoms with E-state index in [1.54, 1.807) is 24.7 Å². The Labute approximate surface area is 81.2 Å². The molecular formula is C10H10N2O2. The second kappa shape index (κ2) is 3.91. The first-order chi connectivity index (χ1) is 6.86. The fourth-order valence-electron chi connectivity index (χ4n) is 1.21. The van der Waals surface area contributed by atoms with Crippen LogP contribution >= 0.6 is 0 Å². The van der Waals surface area contributed by atoms with E-state index in [2.05, 4.69) is 4.98 Å². The summed E-state index contributed by atoms with van der Waals surface area (Å²) >= 11 is 0. The normalized spacial score (nSPS) is 10.3. The molecule has 0 unspecified atom stereocenters. The molecule has 72 valence electrons. The summed E-state index contributed by atoms with van der Waals surface area (Å²) in [5.74, 6) is 0.439. The average molecular weight is 190 g/mol. The number of imidazole rings is 1. The van der Waals surface area contributed by atoms with Gasteiger partial charge in [-0.3, -0.25) is 4.79 Å². The monoisotopic (exact) mass is 190 g/mol.